The summed E-state index contributed by atoms with van der Waals surface area (Å²) < 4.78 is 0. The Balaban J connectivity index is 1.58. The zero-order chi connectivity index (χ0) is 10.5. The minimum absolute atomic E-state index is 0.349. The summed E-state index contributed by atoms with van der Waals surface area (Å²) in [4.78, 5) is 13.8. The normalized spacial score (nSPS) is 22.5. The van der Waals surface area contributed by atoms with Gasteiger partial charge in [-0.15, -0.1) is 0 Å². The van der Waals surface area contributed by atoms with Crippen LogP contribution in [-0.4, -0.2) is 36.5 Å². The van der Waals surface area contributed by atoms with Gasteiger partial charge < -0.3 is 10.2 Å². The number of likely N-dealkylation sites (tertiary alicyclic amines) is 1. The van der Waals surface area contributed by atoms with Crippen LogP contribution in [0.25, 0.3) is 0 Å². The number of hydrogen-bond acceptors (Lipinski definition) is 2. The Hall–Kier alpha value is -0.570. The Morgan fingerprint density at radius 3 is 2.47 bits per heavy atom. The Labute approximate surface area is 92.2 Å². The minimum atomic E-state index is 0.349. The second-order valence-electron chi connectivity index (χ2n) is 4.77. The molecule has 0 aromatic rings. The SMILES string of the molecule is O=C(CCNC1CCC1)N1CCCCC1. The number of amides is 1. The molecule has 86 valence electrons. The van der Waals surface area contributed by atoms with Gasteiger partial charge in [-0.05, 0) is 32.1 Å². The smallest absolute Gasteiger partial charge is 0.223 e. The molecule has 2 aliphatic rings. The molecule has 2 fully saturated rings. The molecule has 0 aromatic carbocycles. The van der Waals surface area contributed by atoms with Crippen LogP contribution in [0.4, 0.5) is 0 Å². The highest BCUT2D eigenvalue weighted by Crippen LogP contribution is 2.17. The molecule has 1 heterocycles. The Bertz CT molecular complexity index is 208. The number of piperidine rings is 1. The van der Waals surface area contributed by atoms with Gasteiger partial charge in [0, 0.05) is 32.1 Å². The molecule has 0 aromatic heterocycles. The summed E-state index contributed by atoms with van der Waals surface area (Å²) in [6, 6.07) is 0.708. The van der Waals surface area contributed by atoms with Gasteiger partial charge in [0.15, 0.2) is 0 Å². The molecular weight excluding hydrogens is 188 g/mol. The van der Waals surface area contributed by atoms with Gasteiger partial charge in [0.1, 0.15) is 0 Å². The highest BCUT2D eigenvalue weighted by molar-refractivity contribution is 5.76. The van der Waals surface area contributed by atoms with Crippen LogP contribution in [0, 0.1) is 0 Å². The molecule has 0 atom stereocenters. The molecule has 1 aliphatic carbocycles. The van der Waals surface area contributed by atoms with E-state index in [0.29, 0.717) is 18.4 Å². The predicted octanol–water partition coefficient (Wildman–Crippen LogP) is 1.53. The van der Waals surface area contributed by atoms with Crippen molar-refractivity contribution in [3.8, 4) is 0 Å². The zero-order valence-electron chi connectivity index (χ0n) is 9.50. The molecule has 0 bridgehead atoms. The first kappa shape index (κ1) is 10.9. The van der Waals surface area contributed by atoms with Crippen LogP contribution in [0.1, 0.15) is 44.9 Å². The molecule has 0 spiro atoms. The van der Waals surface area contributed by atoms with Crippen LogP contribution in [0.2, 0.25) is 0 Å². The summed E-state index contributed by atoms with van der Waals surface area (Å²) in [7, 11) is 0. The van der Waals surface area contributed by atoms with Gasteiger partial charge in [-0.2, -0.15) is 0 Å². The minimum Gasteiger partial charge on any atom is -0.343 e. The second-order valence-corrected chi connectivity index (χ2v) is 4.77. The third kappa shape index (κ3) is 3.20. The average molecular weight is 210 g/mol. The Morgan fingerprint density at radius 2 is 1.87 bits per heavy atom. The van der Waals surface area contributed by atoms with Gasteiger partial charge in [-0.3, -0.25) is 4.79 Å². The number of carbonyl (C=O) groups is 1. The fourth-order valence-electron chi connectivity index (χ4n) is 2.30. The van der Waals surface area contributed by atoms with Gasteiger partial charge in [-0.25, -0.2) is 0 Å². The largest absolute Gasteiger partial charge is 0.343 e. The fourth-order valence-corrected chi connectivity index (χ4v) is 2.30. The lowest BCUT2D eigenvalue weighted by molar-refractivity contribution is -0.132. The molecule has 2 rings (SSSR count). The van der Waals surface area contributed by atoms with Crippen molar-refractivity contribution in [1.82, 2.24) is 10.2 Å². The second kappa shape index (κ2) is 5.50. The number of nitrogens with one attached hydrogen (secondary N) is 1. The lowest BCUT2D eigenvalue weighted by atomic mass is 9.93. The monoisotopic (exact) mass is 210 g/mol. The summed E-state index contributed by atoms with van der Waals surface area (Å²) >= 11 is 0. The van der Waals surface area contributed by atoms with Crippen molar-refractivity contribution in [2.24, 2.45) is 0 Å². The summed E-state index contributed by atoms with van der Waals surface area (Å²) in [6.07, 6.45) is 8.34. The van der Waals surface area contributed by atoms with Gasteiger partial charge in [0.2, 0.25) is 5.91 Å². The summed E-state index contributed by atoms with van der Waals surface area (Å²) in [5, 5.41) is 3.44. The first-order valence-electron chi connectivity index (χ1n) is 6.37. The molecule has 0 unspecified atom stereocenters. The topological polar surface area (TPSA) is 32.3 Å². The van der Waals surface area contributed by atoms with Crippen LogP contribution in [0.5, 0.6) is 0 Å². The lowest BCUT2D eigenvalue weighted by Gasteiger charge is -2.29. The molecule has 1 N–H and O–H groups in total. The van der Waals surface area contributed by atoms with E-state index in [1.54, 1.807) is 0 Å². The molecule has 1 saturated heterocycles. The molecule has 1 aliphatic heterocycles. The van der Waals surface area contributed by atoms with Crippen molar-refractivity contribution in [1.29, 1.82) is 0 Å². The van der Waals surface area contributed by atoms with Crippen LogP contribution in [0.3, 0.4) is 0 Å². The van der Waals surface area contributed by atoms with Crippen molar-refractivity contribution in [3.63, 3.8) is 0 Å². The van der Waals surface area contributed by atoms with E-state index in [1.165, 1.54) is 38.5 Å². The molecule has 1 amide bonds. The average Bonchev–Trinajstić information content (AvgIpc) is 2.23. The quantitative estimate of drug-likeness (QED) is 0.763. The maximum Gasteiger partial charge on any atom is 0.223 e. The van der Waals surface area contributed by atoms with Crippen LogP contribution >= 0.6 is 0 Å². The molecule has 3 heteroatoms. The van der Waals surface area contributed by atoms with Gasteiger partial charge in [0.05, 0.1) is 0 Å². The van der Waals surface area contributed by atoms with Crippen molar-refractivity contribution in [2.45, 2.75) is 51.0 Å². The Kier molecular flexibility index (Phi) is 4.01. The zero-order valence-corrected chi connectivity index (χ0v) is 9.50. The third-order valence-electron chi connectivity index (χ3n) is 3.59. The summed E-state index contributed by atoms with van der Waals surface area (Å²) in [5.74, 6) is 0.349. The van der Waals surface area contributed by atoms with Crippen molar-refractivity contribution in [3.05, 3.63) is 0 Å². The predicted molar refractivity (Wildman–Crippen MR) is 60.7 cm³/mol. The van der Waals surface area contributed by atoms with E-state index in [4.69, 9.17) is 0 Å². The fraction of sp³-hybridized carbons (Fsp3) is 0.917. The maximum atomic E-state index is 11.8. The van der Waals surface area contributed by atoms with Gasteiger partial charge >= 0.3 is 0 Å². The van der Waals surface area contributed by atoms with E-state index in [0.717, 1.165) is 19.6 Å². The molecule has 15 heavy (non-hydrogen) atoms. The van der Waals surface area contributed by atoms with Crippen LogP contribution in [-0.2, 0) is 4.79 Å². The van der Waals surface area contributed by atoms with Crippen LogP contribution < -0.4 is 5.32 Å². The third-order valence-corrected chi connectivity index (χ3v) is 3.59. The highest BCUT2D eigenvalue weighted by Gasteiger charge is 2.18. The molecule has 3 nitrogen and oxygen atoms in total. The molecule has 1 saturated carbocycles. The van der Waals surface area contributed by atoms with E-state index >= 15 is 0 Å². The lowest BCUT2D eigenvalue weighted by Crippen LogP contribution is -2.40. The van der Waals surface area contributed by atoms with Crippen molar-refractivity contribution in [2.75, 3.05) is 19.6 Å². The first-order chi connectivity index (χ1) is 7.36. The highest BCUT2D eigenvalue weighted by atomic mass is 16.2. The summed E-state index contributed by atoms with van der Waals surface area (Å²) in [5.41, 5.74) is 0. The number of rotatable bonds is 4. The van der Waals surface area contributed by atoms with E-state index < -0.39 is 0 Å². The van der Waals surface area contributed by atoms with Crippen molar-refractivity contribution < 1.29 is 4.79 Å². The van der Waals surface area contributed by atoms with E-state index in [-0.39, 0.29) is 0 Å². The molecular formula is C12H22N2O. The number of carbonyl (C=O) groups excluding carboxylic acids is 1. The Morgan fingerprint density at radius 1 is 1.13 bits per heavy atom. The number of nitrogens with zero attached hydrogens (tertiary/aromatic N) is 1. The van der Waals surface area contributed by atoms with Crippen molar-refractivity contribution >= 4 is 5.91 Å². The maximum absolute atomic E-state index is 11.8. The van der Waals surface area contributed by atoms with Crippen LogP contribution in [0.15, 0.2) is 0 Å². The van der Waals surface area contributed by atoms with Gasteiger partial charge in [0.25, 0.3) is 0 Å². The van der Waals surface area contributed by atoms with Gasteiger partial charge in [-0.1, -0.05) is 6.42 Å². The molecule has 0 radical (unpaired) electrons. The van der Waals surface area contributed by atoms with E-state index in [9.17, 15) is 4.79 Å². The first-order valence-corrected chi connectivity index (χ1v) is 6.37. The van der Waals surface area contributed by atoms with E-state index in [1.807, 2.05) is 4.90 Å². The number of hydrogen-bond donors (Lipinski definition) is 1. The standard InChI is InChI=1S/C12H22N2O/c15-12(14-9-2-1-3-10-14)7-8-13-11-5-4-6-11/h11,13H,1-10H2. The summed E-state index contributed by atoms with van der Waals surface area (Å²) in [6.45, 7) is 2.85. The van der Waals surface area contributed by atoms with E-state index in [2.05, 4.69) is 5.32 Å².